The van der Waals surface area contributed by atoms with Gasteiger partial charge in [0.1, 0.15) is 0 Å². The van der Waals surface area contributed by atoms with Crippen molar-refractivity contribution in [2.75, 3.05) is 5.32 Å². The summed E-state index contributed by atoms with van der Waals surface area (Å²) in [7, 11) is 0. The Balaban J connectivity index is 1.96. The van der Waals surface area contributed by atoms with Gasteiger partial charge >= 0.3 is 0 Å². The number of rotatable bonds is 2. The number of nitrogens with zero attached hydrogens (tertiary/aromatic N) is 1. The summed E-state index contributed by atoms with van der Waals surface area (Å²) < 4.78 is 2.25. The first-order valence-electron chi connectivity index (χ1n) is 6.02. The van der Waals surface area contributed by atoms with E-state index in [-0.39, 0.29) is 0 Å². The van der Waals surface area contributed by atoms with Crippen LogP contribution in [0.5, 0.6) is 0 Å². The van der Waals surface area contributed by atoms with Crippen LogP contribution < -0.4 is 5.32 Å². The minimum atomic E-state index is 0.931. The molecule has 0 fully saturated rings. The number of nitrogens with one attached hydrogen (secondary N) is 1. The fraction of sp³-hybridized carbons (Fsp3) is 0.133. The van der Waals surface area contributed by atoms with Crippen LogP contribution in [0.3, 0.4) is 0 Å². The van der Waals surface area contributed by atoms with Gasteiger partial charge in [0.15, 0.2) is 5.13 Å². The van der Waals surface area contributed by atoms with Gasteiger partial charge in [-0.05, 0) is 43.7 Å². The van der Waals surface area contributed by atoms with E-state index in [1.807, 2.05) is 12.1 Å². The molecule has 0 unspecified atom stereocenters. The Morgan fingerprint density at radius 2 is 1.95 bits per heavy atom. The molecule has 0 saturated carbocycles. The summed E-state index contributed by atoms with van der Waals surface area (Å²) in [5.41, 5.74) is 4.65. The third-order valence-electron chi connectivity index (χ3n) is 2.97. The molecule has 0 aliphatic rings. The number of hydrogen-bond acceptors (Lipinski definition) is 3. The number of hydrogen-bond donors (Lipinski definition) is 1. The first kappa shape index (κ1) is 12.6. The van der Waals surface area contributed by atoms with Crippen molar-refractivity contribution < 1.29 is 0 Å². The molecule has 0 spiro atoms. The highest BCUT2D eigenvalue weighted by Gasteiger charge is 2.06. The summed E-state index contributed by atoms with van der Waals surface area (Å²) in [6, 6.07) is 12.6. The lowest BCUT2D eigenvalue weighted by atomic mass is 10.1. The lowest BCUT2D eigenvalue weighted by Crippen LogP contribution is -1.92. The highest BCUT2D eigenvalue weighted by molar-refractivity contribution is 9.10. The number of halogens is 1. The van der Waals surface area contributed by atoms with E-state index in [1.165, 1.54) is 15.8 Å². The summed E-state index contributed by atoms with van der Waals surface area (Å²) in [4.78, 5) is 4.61. The smallest absolute Gasteiger partial charge is 0.188 e. The molecule has 1 aromatic heterocycles. The summed E-state index contributed by atoms with van der Waals surface area (Å²) >= 11 is 5.14. The van der Waals surface area contributed by atoms with Crippen molar-refractivity contribution in [3.8, 4) is 0 Å². The molecule has 0 aliphatic carbocycles. The molecule has 2 nitrogen and oxygen atoms in total. The van der Waals surface area contributed by atoms with Gasteiger partial charge in [-0.15, -0.1) is 0 Å². The van der Waals surface area contributed by atoms with Crippen molar-refractivity contribution in [1.29, 1.82) is 0 Å². The van der Waals surface area contributed by atoms with Gasteiger partial charge in [-0.3, -0.25) is 0 Å². The first-order chi connectivity index (χ1) is 9.11. The van der Waals surface area contributed by atoms with Crippen LogP contribution in [0.1, 0.15) is 11.1 Å². The molecule has 0 amide bonds. The van der Waals surface area contributed by atoms with E-state index < -0.39 is 0 Å². The molecule has 96 valence electrons. The van der Waals surface area contributed by atoms with Crippen LogP contribution in [0.25, 0.3) is 10.2 Å². The zero-order valence-corrected chi connectivity index (χ0v) is 13.1. The molecule has 1 heterocycles. The summed E-state index contributed by atoms with van der Waals surface area (Å²) in [5, 5.41) is 4.33. The van der Waals surface area contributed by atoms with Gasteiger partial charge in [0.25, 0.3) is 0 Å². The second-order valence-electron chi connectivity index (χ2n) is 4.57. The lowest BCUT2D eigenvalue weighted by Gasteiger charge is -2.06. The maximum absolute atomic E-state index is 4.61. The average Bonchev–Trinajstić information content (AvgIpc) is 2.74. The molecule has 0 radical (unpaired) electrons. The molecule has 1 N–H and O–H groups in total. The standard InChI is InChI=1S/C15H13BrN2S/c1-9-3-5-12(10(2)7-9)17-15-18-13-8-11(16)4-6-14(13)19-15/h3-8H,1-2H3,(H,17,18). The molecule has 0 saturated heterocycles. The van der Waals surface area contributed by atoms with Crippen molar-refractivity contribution in [3.05, 3.63) is 52.0 Å². The Morgan fingerprint density at radius 3 is 2.74 bits per heavy atom. The molecule has 2 aromatic carbocycles. The number of benzene rings is 2. The minimum absolute atomic E-state index is 0.931. The van der Waals surface area contributed by atoms with E-state index >= 15 is 0 Å². The number of anilines is 2. The van der Waals surface area contributed by atoms with Crippen molar-refractivity contribution in [3.63, 3.8) is 0 Å². The van der Waals surface area contributed by atoms with Crippen LogP contribution in [0.4, 0.5) is 10.8 Å². The Labute approximate surface area is 124 Å². The predicted molar refractivity (Wildman–Crippen MR) is 86.5 cm³/mol. The lowest BCUT2D eigenvalue weighted by molar-refractivity contribution is 1.35. The van der Waals surface area contributed by atoms with Gasteiger partial charge in [0, 0.05) is 10.2 Å². The zero-order valence-electron chi connectivity index (χ0n) is 10.7. The highest BCUT2D eigenvalue weighted by Crippen LogP contribution is 2.31. The highest BCUT2D eigenvalue weighted by atomic mass is 79.9. The number of aromatic nitrogens is 1. The van der Waals surface area contributed by atoms with E-state index in [4.69, 9.17) is 0 Å². The van der Waals surface area contributed by atoms with Gasteiger partial charge in [0.2, 0.25) is 0 Å². The second kappa shape index (κ2) is 4.94. The zero-order chi connectivity index (χ0) is 13.4. The molecule has 19 heavy (non-hydrogen) atoms. The third kappa shape index (κ3) is 2.65. The Hall–Kier alpha value is -1.39. The van der Waals surface area contributed by atoms with Crippen molar-refractivity contribution in [2.45, 2.75) is 13.8 Å². The summed E-state index contributed by atoms with van der Waals surface area (Å²) in [6.45, 7) is 4.21. The summed E-state index contributed by atoms with van der Waals surface area (Å²) in [6.07, 6.45) is 0. The average molecular weight is 333 g/mol. The summed E-state index contributed by atoms with van der Waals surface area (Å²) in [5.74, 6) is 0. The van der Waals surface area contributed by atoms with E-state index in [0.717, 1.165) is 20.8 Å². The van der Waals surface area contributed by atoms with E-state index in [1.54, 1.807) is 11.3 Å². The first-order valence-corrected chi connectivity index (χ1v) is 7.63. The van der Waals surface area contributed by atoms with Crippen molar-refractivity contribution in [2.24, 2.45) is 0 Å². The Morgan fingerprint density at radius 1 is 1.11 bits per heavy atom. The monoisotopic (exact) mass is 332 g/mol. The van der Waals surface area contributed by atoms with Gasteiger partial charge < -0.3 is 5.32 Å². The fourth-order valence-electron chi connectivity index (χ4n) is 2.02. The van der Waals surface area contributed by atoms with Gasteiger partial charge in [-0.25, -0.2) is 4.98 Å². The SMILES string of the molecule is Cc1ccc(Nc2nc3cc(Br)ccc3s2)c(C)c1. The second-order valence-corrected chi connectivity index (χ2v) is 6.52. The Kier molecular flexibility index (Phi) is 3.29. The molecule has 3 rings (SSSR count). The minimum Gasteiger partial charge on any atom is -0.331 e. The number of thiazole rings is 1. The maximum atomic E-state index is 4.61. The number of fused-ring (bicyclic) bond motifs is 1. The maximum Gasteiger partial charge on any atom is 0.188 e. The van der Waals surface area contributed by atoms with Gasteiger partial charge in [-0.2, -0.15) is 0 Å². The molecule has 0 atom stereocenters. The quantitative estimate of drug-likeness (QED) is 0.677. The molecule has 0 bridgehead atoms. The molecule has 3 aromatic rings. The Bertz CT molecular complexity index is 749. The molecular formula is C15H13BrN2S. The van der Waals surface area contributed by atoms with Gasteiger partial charge in [0.05, 0.1) is 10.2 Å². The predicted octanol–water partition coefficient (Wildman–Crippen LogP) is 5.42. The fourth-order valence-corrected chi connectivity index (χ4v) is 3.23. The van der Waals surface area contributed by atoms with Crippen LogP contribution in [-0.2, 0) is 0 Å². The topological polar surface area (TPSA) is 24.9 Å². The largest absolute Gasteiger partial charge is 0.331 e. The molecule has 4 heteroatoms. The van der Waals surface area contributed by atoms with Crippen molar-refractivity contribution in [1.82, 2.24) is 4.98 Å². The van der Waals surface area contributed by atoms with Crippen LogP contribution in [-0.4, -0.2) is 4.98 Å². The van der Waals surface area contributed by atoms with E-state index in [2.05, 4.69) is 64.3 Å². The normalized spacial score (nSPS) is 10.9. The molecule has 0 aliphatic heterocycles. The van der Waals surface area contributed by atoms with E-state index in [9.17, 15) is 0 Å². The van der Waals surface area contributed by atoms with Crippen LogP contribution in [0, 0.1) is 13.8 Å². The van der Waals surface area contributed by atoms with Crippen LogP contribution in [0.2, 0.25) is 0 Å². The van der Waals surface area contributed by atoms with Crippen molar-refractivity contribution >= 4 is 48.3 Å². The third-order valence-corrected chi connectivity index (χ3v) is 4.42. The van der Waals surface area contributed by atoms with E-state index in [0.29, 0.717) is 0 Å². The number of aryl methyl sites for hydroxylation is 2. The van der Waals surface area contributed by atoms with Crippen LogP contribution >= 0.6 is 27.3 Å². The van der Waals surface area contributed by atoms with Crippen LogP contribution in [0.15, 0.2) is 40.9 Å². The molecular weight excluding hydrogens is 320 g/mol. The van der Waals surface area contributed by atoms with Gasteiger partial charge in [-0.1, -0.05) is 45.0 Å².